The first-order chi connectivity index (χ1) is 10.1. The molecule has 0 aliphatic carbocycles. The number of carbonyl (C=O) groups is 1. The van der Waals surface area contributed by atoms with E-state index in [0.29, 0.717) is 5.02 Å². The maximum absolute atomic E-state index is 11.6. The molecule has 2 aromatic rings. The fraction of sp³-hybridized carbons (Fsp3) is 0.0667. The topological polar surface area (TPSA) is 53.5 Å². The van der Waals surface area contributed by atoms with Gasteiger partial charge >= 0.3 is 0 Å². The van der Waals surface area contributed by atoms with Crippen LogP contribution in [-0.2, 0) is 4.79 Å². The van der Waals surface area contributed by atoms with Crippen molar-refractivity contribution >= 4 is 45.3 Å². The predicted molar refractivity (Wildman–Crippen MR) is 89.8 cm³/mol. The number of halogens is 2. The highest BCUT2D eigenvalue weighted by atomic mass is 79.9. The molecule has 0 aliphatic heterocycles. The second-order valence-corrected chi connectivity index (χ2v) is 5.56. The van der Waals surface area contributed by atoms with E-state index in [0.717, 1.165) is 15.7 Å². The Kier molecular flexibility index (Phi) is 5.78. The Morgan fingerprint density at radius 3 is 2.48 bits per heavy atom. The number of carbonyl (C=O) groups excluding carboxylic acids is 1. The van der Waals surface area contributed by atoms with Crippen LogP contribution in [0.5, 0.6) is 0 Å². The SMILES string of the molecule is O=C(CNc1ccc(Br)cc1)N/N=C/c1ccc(Cl)cc1. The fourth-order valence-electron chi connectivity index (χ4n) is 1.52. The second-order valence-electron chi connectivity index (χ2n) is 4.21. The number of nitrogens with one attached hydrogen (secondary N) is 2. The Bertz CT molecular complexity index is 626. The van der Waals surface area contributed by atoms with Crippen LogP contribution in [0, 0.1) is 0 Å². The first-order valence-corrected chi connectivity index (χ1v) is 7.37. The van der Waals surface area contributed by atoms with Gasteiger partial charge in [0.2, 0.25) is 0 Å². The maximum atomic E-state index is 11.6. The lowest BCUT2D eigenvalue weighted by Gasteiger charge is -2.05. The van der Waals surface area contributed by atoms with Gasteiger partial charge in [-0.1, -0.05) is 39.7 Å². The van der Waals surface area contributed by atoms with Crippen molar-refractivity contribution in [3.05, 3.63) is 63.6 Å². The van der Waals surface area contributed by atoms with Gasteiger partial charge in [0, 0.05) is 15.2 Å². The van der Waals surface area contributed by atoms with Crippen LogP contribution in [0.3, 0.4) is 0 Å². The Labute approximate surface area is 136 Å². The van der Waals surface area contributed by atoms with Crippen molar-refractivity contribution in [3.63, 3.8) is 0 Å². The summed E-state index contributed by atoms with van der Waals surface area (Å²) in [4.78, 5) is 11.6. The van der Waals surface area contributed by atoms with Crippen LogP contribution in [0.4, 0.5) is 5.69 Å². The van der Waals surface area contributed by atoms with Crippen molar-refractivity contribution < 1.29 is 4.79 Å². The molecule has 0 saturated heterocycles. The zero-order valence-corrected chi connectivity index (χ0v) is 13.4. The van der Waals surface area contributed by atoms with E-state index in [1.807, 2.05) is 36.4 Å². The van der Waals surface area contributed by atoms with Crippen LogP contribution in [0.2, 0.25) is 5.02 Å². The molecule has 0 atom stereocenters. The molecule has 0 unspecified atom stereocenters. The molecule has 0 bridgehead atoms. The molecule has 0 heterocycles. The summed E-state index contributed by atoms with van der Waals surface area (Å²) in [5.41, 5.74) is 4.19. The number of anilines is 1. The summed E-state index contributed by atoms with van der Waals surface area (Å²) in [6.07, 6.45) is 1.56. The van der Waals surface area contributed by atoms with Crippen molar-refractivity contribution in [3.8, 4) is 0 Å². The number of hydrogen-bond acceptors (Lipinski definition) is 3. The Balaban J connectivity index is 1.77. The summed E-state index contributed by atoms with van der Waals surface area (Å²) in [5, 5.41) is 7.55. The minimum Gasteiger partial charge on any atom is -0.376 e. The van der Waals surface area contributed by atoms with Gasteiger partial charge in [-0.3, -0.25) is 4.79 Å². The molecule has 6 heteroatoms. The zero-order chi connectivity index (χ0) is 15.1. The van der Waals surface area contributed by atoms with E-state index in [4.69, 9.17) is 11.6 Å². The third-order valence-corrected chi connectivity index (χ3v) is 3.35. The Morgan fingerprint density at radius 2 is 1.81 bits per heavy atom. The van der Waals surface area contributed by atoms with E-state index in [1.54, 1.807) is 18.3 Å². The molecule has 2 aromatic carbocycles. The van der Waals surface area contributed by atoms with Gasteiger partial charge in [-0.25, -0.2) is 5.43 Å². The van der Waals surface area contributed by atoms with Crippen LogP contribution in [-0.4, -0.2) is 18.7 Å². The highest BCUT2D eigenvalue weighted by molar-refractivity contribution is 9.10. The molecule has 21 heavy (non-hydrogen) atoms. The van der Waals surface area contributed by atoms with E-state index < -0.39 is 0 Å². The van der Waals surface area contributed by atoms with E-state index in [9.17, 15) is 4.79 Å². The van der Waals surface area contributed by atoms with Crippen LogP contribution < -0.4 is 10.7 Å². The molecule has 1 amide bonds. The number of rotatable bonds is 5. The molecule has 0 radical (unpaired) electrons. The summed E-state index contributed by atoms with van der Waals surface area (Å²) in [6, 6.07) is 14.7. The van der Waals surface area contributed by atoms with Gasteiger partial charge in [0.25, 0.3) is 5.91 Å². The van der Waals surface area contributed by atoms with Gasteiger partial charge in [-0.2, -0.15) is 5.10 Å². The normalized spacial score (nSPS) is 10.6. The summed E-state index contributed by atoms with van der Waals surface area (Å²) in [5.74, 6) is -0.219. The zero-order valence-electron chi connectivity index (χ0n) is 11.0. The molecule has 0 aromatic heterocycles. The van der Waals surface area contributed by atoms with Crippen molar-refractivity contribution in [1.82, 2.24) is 5.43 Å². The van der Waals surface area contributed by atoms with E-state index in [-0.39, 0.29) is 12.5 Å². The van der Waals surface area contributed by atoms with Gasteiger partial charge in [-0.05, 0) is 42.0 Å². The number of amides is 1. The monoisotopic (exact) mass is 365 g/mol. The lowest BCUT2D eigenvalue weighted by Crippen LogP contribution is -2.25. The molecule has 0 saturated carbocycles. The minimum absolute atomic E-state index is 0.152. The molecular weight excluding hydrogens is 354 g/mol. The molecule has 2 N–H and O–H groups in total. The predicted octanol–water partition coefficient (Wildman–Crippen LogP) is 3.66. The smallest absolute Gasteiger partial charge is 0.259 e. The van der Waals surface area contributed by atoms with Gasteiger partial charge in [-0.15, -0.1) is 0 Å². The average Bonchev–Trinajstić information content (AvgIpc) is 2.49. The van der Waals surface area contributed by atoms with Crippen molar-refractivity contribution in [2.24, 2.45) is 5.10 Å². The van der Waals surface area contributed by atoms with Gasteiger partial charge in [0.1, 0.15) is 0 Å². The lowest BCUT2D eigenvalue weighted by atomic mass is 10.2. The van der Waals surface area contributed by atoms with Crippen molar-refractivity contribution in [2.75, 3.05) is 11.9 Å². The van der Waals surface area contributed by atoms with Gasteiger partial charge < -0.3 is 5.32 Å². The second kappa shape index (κ2) is 7.81. The standard InChI is InChI=1S/C15H13BrClN3O/c16-12-3-7-14(8-4-12)18-10-15(21)20-19-9-11-1-5-13(17)6-2-11/h1-9,18H,10H2,(H,20,21)/b19-9+. The summed E-state index contributed by atoms with van der Waals surface area (Å²) < 4.78 is 0.991. The maximum Gasteiger partial charge on any atom is 0.259 e. The highest BCUT2D eigenvalue weighted by Crippen LogP contribution is 2.13. The molecule has 0 spiro atoms. The molecule has 4 nitrogen and oxygen atoms in total. The van der Waals surface area contributed by atoms with Crippen LogP contribution in [0.1, 0.15) is 5.56 Å². The van der Waals surface area contributed by atoms with Crippen molar-refractivity contribution in [1.29, 1.82) is 0 Å². The van der Waals surface area contributed by atoms with Gasteiger partial charge in [0.15, 0.2) is 0 Å². The summed E-state index contributed by atoms with van der Waals surface area (Å²) in [7, 11) is 0. The Hall–Kier alpha value is -1.85. The molecule has 108 valence electrons. The first-order valence-electron chi connectivity index (χ1n) is 6.20. The third-order valence-electron chi connectivity index (χ3n) is 2.57. The van der Waals surface area contributed by atoms with Crippen molar-refractivity contribution in [2.45, 2.75) is 0 Å². The first kappa shape index (κ1) is 15.5. The number of hydrogen-bond donors (Lipinski definition) is 2. The molecule has 0 fully saturated rings. The van der Waals surface area contributed by atoms with E-state index in [2.05, 4.69) is 31.8 Å². The number of benzene rings is 2. The average molecular weight is 367 g/mol. The molecular formula is C15H13BrClN3O. The largest absolute Gasteiger partial charge is 0.376 e. The third kappa shape index (κ3) is 5.57. The highest BCUT2D eigenvalue weighted by Gasteiger charge is 1.99. The Morgan fingerprint density at radius 1 is 1.14 bits per heavy atom. The van der Waals surface area contributed by atoms with Crippen LogP contribution >= 0.6 is 27.5 Å². The van der Waals surface area contributed by atoms with Crippen LogP contribution in [0.15, 0.2) is 58.1 Å². The molecule has 2 rings (SSSR count). The quantitative estimate of drug-likeness (QED) is 0.627. The van der Waals surface area contributed by atoms with E-state index in [1.165, 1.54) is 0 Å². The van der Waals surface area contributed by atoms with E-state index >= 15 is 0 Å². The summed E-state index contributed by atoms with van der Waals surface area (Å²) in [6.45, 7) is 0.152. The minimum atomic E-state index is -0.219. The summed E-state index contributed by atoms with van der Waals surface area (Å²) >= 11 is 9.13. The van der Waals surface area contributed by atoms with Gasteiger partial charge in [0.05, 0.1) is 12.8 Å². The number of nitrogens with zero attached hydrogens (tertiary/aromatic N) is 1. The lowest BCUT2D eigenvalue weighted by molar-refractivity contribution is -0.119. The molecule has 0 aliphatic rings. The van der Waals surface area contributed by atoms with Crippen LogP contribution in [0.25, 0.3) is 0 Å². The fourth-order valence-corrected chi connectivity index (χ4v) is 1.91. The number of hydrazone groups is 1.